The van der Waals surface area contributed by atoms with Gasteiger partial charge in [-0.3, -0.25) is 0 Å². The summed E-state index contributed by atoms with van der Waals surface area (Å²) in [6, 6.07) is 13.1. The van der Waals surface area contributed by atoms with Gasteiger partial charge in [-0.1, -0.05) is 36.4 Å². The van der Waals surface area contributed by atoms with Gasteiger partial charge in [-0.25, -0.2) is 13.1 Å². The Bertz CT molecular complexity index is 602. The summed E-state index contributed by atoms with van der Waals surface area (Å²) in [5.41, 5.74) is 0.860. The Morgan fingerprint density at radius 1 is 1.11 bits per heavy atom. The highest BCUT2D eigenvalue weighted by atomic mass is 32.2. The quantitative estimate of drug-likeness (QED) is 0.914. The molecule has 18 heavy (non-hydrogen) atoms. The number of nitrogens with one attached hydrogen (secondary N) is 1. The zero-order valence-corrected chi connectivity index (χ0v) is 11.2. The molecular weight excluding hydrogens is 266 g/mol. The van der Waals surface area contributed by atoms with Crippen LogP contribution in [0.25, 0.3) is 6.08 Å². The van der Waals surface area contributed by atoms with E-state index < -0.39 is 10.0 Å². The van der Waals surface area contributed by atoms with E-state index in [1.807, 2.05) is 47.8 Å². The van der Waals surface area contributed by atoms with Gasteiger partial charge in [0, 0.05) is 16.8 Å². The molecule has 0 bridgehead atoms. The number of benzene rings is 1. The van der Waals surface area contributed by atoms with Crippen LogP contribution in [-0.4, -0.2) is 8.42 Å². The van der Waals surface area contributed by atoms with Crippen LogP contribution in [0.1, 0.15) is 10.4 Å². The van der Waals surface area contributed by atoms with Gasteiger partial charge in [0.15, 0.2) is 0 Å². The number of thiophene rings is 1. The Labute approximate surface area is 111 Å². The zero-order valence-electron chi connectivity index (χ0n) is 9.61. The second-order valence-electron chi connectivity index (χ2n) is 3.66. The van der Waals surface area contributed by atoms with Crippen LogP contribution in [0.4, 0.5) is 0 Å². The molecule has 0 aliphatic carbocycles. The molecular formula is C13H13NO2S2. The summed E-state index contributed by atoms with van der Waals surface area (Å²) >= 11 is 1.53. The van der Waals surface area contributed by atoms with Crippen molar-refractivity contribution in [3.05, 3.63) is 63.7 Å². The average molecular weight is 279 g/mol. The number of sulfonamides is 1. The van der Waals surface area contributed by atoms with E-state index in [2.05, 4.69) is 4.72 Å². The summed E-state index contributed by atoms with van der Waals surface area (Å²) in [5.74, 6) is 0. The fraction of sp³-hybridized carbons (Fsp3) is 0.0769. The molecule has 0 spiro atoms. The topological polar surface area (TPSA) is 46.2 Å². The third-order valence-corrected chi connectivity index (χ3v) is 4.18. The van der Waals surface area contributed by atoms with Crippen LogP contribution in [0.5, 0.6) is 0 Å². The molecule has 1 aromatic carbocycles. The van der Waals surface area contributed by atoms with Crippen LogP contribution in [0.2, 0.25) is 0 Å². The molecule has 3 nitrogen and oxygen atoms in total. The van der Waals surface area contributed by atoms with Gasteiger partial charge >= 0.3 is 0 Å². The van der Waals surface area contributed by atoms with Crippen molar-refractivity contribution in [2.24, 2.45) is 0 Å². The van der Waals surface area contributed by atoms with E-state index >= 15 is 0 Å². The maximum absolute atomic E-state index is 11.7. The molecule has 0 amide bonds. The number of hydrogen-bond donors (Lipinski definition) is 1. The largest absolute Gasteiger partial charge is 0.234 e. The van der Waals surface area contributed by atoms with Gasteiger partial charge in [0.25, 0.3) is 0 Å². The minimum Gasteiger partial charge on any atom is -0.208 e. The van der Waals surface area contributed by atoms with Crippen LogP contribution in [0.3, 0.4) is 0 Å². The summed E-state index contributed by atoms with van der Waals surface area (Å²) in [4.78, 5) is 0.992. The molecule has 1 heterocycles. The maximum atomic E-state index is 11.7. The summed E-state index contributed by atoms with van der Waals surface area (Å²) < 4.78 is 25.9. The Kier molecular flexibility index (Phi) is 4.30. The molecule has 94 valence electrons. The standard InChI is InChI=1S/C13H13NO2S2/c15-18(16,14-11-13-7-4-9-17-13)10-8-12-5-2-1-3-6-12/h1-10,14H,11H2/b10-8+. The Balaban J connectivity index is 1.97. The SMILES string of the molecule is O=S(=O)(/C=C/c1ccccc1)NCc1cccs1. The molecule has 0 aliphatic rings. The Morgan fingerprint density at radius 2 is 1.89 bits per heavy atom. The summed E-state index contributed by atoms with van der Waals surface area (Å²) in [6.07, 6.45) is 1.58. The van der Waals surface area contributed by atoms with E-state index in [-0.39, 0.29) is 0 Å². The van der Waals surface area contributed by atoms with E-state index in [0.29, 0.717) is 6.54 Å². The third-order valence-electron chi connectivity index (χ3n) is 2.27. The van der Waals surface area contributed by atoms with Crippen LogP contribution < -0.4 is 4.72 Å². The van der Waals surface area contributed by atoms with Gasteiger partial charge < -0.3 is 0 Å². The fourth-order valence-corrected chi connectivity index (χ4v) is 2.89. The van der Waals surface area contributed by atoms with Crippen molar-refractivity contribution in [1.82, 2.24) is 4.72 Å². The van der Waals surface area contributed by atoms with Crippen LogP contribution in [-0.2, 0) is 16.6 Å². The summed E-state index contributed by atoms with van der Waals surface area (Å²) in [6.45, 7) is 0.332. The fourth-order valence-electron chi connectivity index (χ4n) is 1.37. The Hall–Kier alpha value is -1.43. The number of rotatable bonds is 5. The molecule has 0 unspecified atom stereocenters. The molecule has 0 aliphatic heterocycles. The van der Waals surface area contributed by atoms with E-state index in [0.717, 1.165) is 10.4 Å². The highest BCUT2D eigenvalue weighted by Crippen LogP contribution is 2.08. The van der Waals surface area contributed by atoms with Gasteiger partial charge in [0.2, 0.25) is 10.0 Å². The lowest BCUT2D eigenvalue weighted by Crippen LogP contribution is -2.19. The third kappa shape index (κ3) is 4.10. The van der Waals surface area contributed by atoms with Crippen molar-refractivity contribution in [1.29, 1.82) is 0 Å². The van der Waals surface area contributed by atoms with Gasteiger partial charge in [-0.15, -0.1) is 11.3 Å². The first-order chi connectivity index (χ1) is 8.66. The minimum absolute atomic E-state index is 0.332. The van der Waals surface area contributed by atoms with E-state index in [1.54, 1.807) is 6.08 Å². The molecule has 5 heteroatoms. The van der Waals surface area contributed by atoms with Crippen LogP contribution in [0.15, 0.2) is 53.3 Å². The van der Waals surface area contributed by atoms with Gasteiger partial charge in [0.05, 0.1) is 0 Å². The number of hydrogen-bond acceptors (Lipinski definition) is 3. The van der Waals surface area contributed by atoms with E-state index in [9.17, 15) is 8.42 Å². The van der Waals surface area contributed by atoms with Crippen molar-refractivity contribution >= 4 is 27.4 Å². The average Bonchev–Trinajstić information content (AvgIpc) is 2.89. The molecule has 0 saturated heterocycles. The van der Waals surface area contributed by atoms with E-state index in [1.165, 1.54) is 16.7 Å². The minimum atomic E-state index is -3.38. The van der Waals surface area contributed by atoms with Gasteiger partial charge in [-0.2, -0.15) is 0 Å². The summed E-state index contributed by atoms with van der Waals surface area (Å²) in [7, 11) is -3.38. The first-order valence-corrected chi connectivity index (χ1v) is 7.83. The first kappa shape index (κ1) is 13.0. The lowest BCUT2D eigenvalue weighted by molar-refractivity contribution is 0.591. The molecule has 2 aromatic rings. The molecule has 0 radical (unpaired) electrons. The van der Waals surface area contributed by atoms with Gasteiger partial charge in [-0.05, 0) is 23.1 Å². The second-order valence-corrected chi connectivity index (χ2v) is 6.34. The van der Waals surface area contributed by atoms with Crippen molar-refractivity contribution in [3.63, 3.8) is 0 Å². The first-order valence-electron chi connectivity index (χ1n) is 5.41. The van der Waals surface area contributed by atoms with Crippen LogP contribution in [0, 0.1) is 0 Å². The lowest BCUT2D eigenvalue weighted by Gasteiger charge is -2.00. The van der Waals surface area contributed by atoms with Crippen molar-refractivity contribution in [3.8, 4) is 0 Å². The highest BCUT2D eigenvalue weighted by molar-refractivity contribution is 7.92. The van der Waals surface area contributed by atoms with Gasteiger partial charge in [0.1, 0.15) is 0 Å². The molecule has 0 atom stereocenters. The van der Waals surface area contributed by atoms with Crippen LogP contribution >= 0.6 is 11.3 Å². The molecule has 0 fully saturated rings. The highest BCUT2D eigenvalue weighted by Gasteiger charge is 2.04. The van der Waals surface area contributed by atoms with Crippen molar-refractivity contribution < 1.29 is 8.42 Å². The summed E-state index contributed by atoms with van der Waals surface area (Å²) in [5, 5.41) is 3.11. The van der Waals surface area contributed by atoms with Crippen molar-refractivity contribution in [2.75, 3.05) is 0 Å². The van der Waals surface area contributed by atoms with Crippen molar-refractivity contribution in [2.45, 2.75) is 6.54 Å². The monoisotopic (exact) mass is 279 g/mol. The molecule has 1 N–H and O–H groups in total. The molecule has 0 saturated carbocycles. The predicted octanol–water partition coefficient (Wildman–Crippen LogP) is 2.84. The predicted molar refractivity (Wildman–Crippen MR) is 75.6 cm³/mol. The normalized spacial score (nSPS) is 12.0. The zero-order chi connectivity index (χ0) is 12.8. The smallest absolute Gasteiger partial charge is 0.208 e. The lowest BCUT2D eigenvalue weighted by atomic mass is 10.2. The second kappa shape index (κ2) is 5.95. The van der Waals surface area contributed by atoms with E-state index in [4.69, 9.17) is 0 Å². The Morgan fingerprint density at radius 3 is 2.56 bits per heavy atom. The molecule has 2 rings (SSSR count). The maximum Gasteiger partial charge on any atom is 0.234 e. The molecule has 1 aromatic heterocycles.